The van der Waals surface area contributed by atoms with E-state index in [-0.39, 0.29) is 86.5 Å². The van der Waals surface area contributed by atoms with E-state index in [9.17, 15) is 0 Å². The van der Waals surface area contributed by atoms with Gasteiger partial charge >= 0.3 is 23.1 Å². The van der Waals surface area contributed by atoms with Gasteiger partial charge in [0.05, 0.1) is 0 Å². The zero-order valence-corrected chi connectivity index (χ0v) is 6.32. The fourth-order valence-electron chi connectivity index (χ4n) is 0. The number of hydrogen-bond acceptors (Lipinski definition) is 0. The van der Waals surface area contributed by atoms with Crippen molar-refractivity contribution in [3.8, 4) is 0 Å². The van der Waals surface area contributed by atoms with Crippen LogP contribution in [-0.2, 0) is 43.3 Å². The van der Waals surface area contributed by atoms with Gasteiger partial charge in [-0.1, -0.05) is 0 Å². The molecule has 0 nitrogen and oxygen atoms in total. The Hall–Kier alpha value is 2.70. The van der Waals surface area contributed by atoms with E-state index in [0.717, 1.165) is 0 Å². The summed E-state index contributed by atoms with van der Waals surface area (Å²) in [5.74, 6) is 0. The summed E-state index contributed by atoms with van der Waals surface area (Å²) in [5.41, 5.74) is 0. The minimum absolute atomic E-state index is 0. The molecule has 0 saturated heterocycles. The van der Waals surface area contributed by atoms with Crippen LogP contribution >= 0.6 is 0 Å². The topological polar surface area (TPSA) is 0 Å². The van der Waals surface area contributed by atoms with Gasteiger partial charge in [-0.2, -0.15) is 0 Å². The van der Waals surface area contributed by atoms with Gasteiger partial charge in [-0.05, 0) is 0 Å². The molecule has 4 heteroatoms. The second-order valence-electron chi connectivity index (χ2n) is 0. The maximum Gasteiger partial charge on any atom is 2.00 e. The molecule has 0 aromatic heterocycles. The van der Waals surface area contributed by atoms with Crippen LogP contribution in [0.1, 0.15) is 2.85 Å². The molecule has 0 aromatic carbocycles. The van der Waals surface area contributed by atoms with Crippen molar-refractivity contribution in [3.05, 3.63) is 0 Å². The van der Waals surface area contributed by atoms with Crippen LogP contribution in [0.5, 0.6) is 0 Å². The quantitative estimate of drug-likeness (QED) is 0.435. The molecule has 0 aliphatic rings. The summed E-state index contributed by atoms with van der Waals surface area (Å²) in [4.78, 5) is 0. The van der Waals surface area contributed by atoms with Crippen molar-refractivity contribution in [2.24, 2.45) is 0 Å². The third kappa shape index (κ3) is 8.83. The van der Waals surface area contributed by atoms with Gasteiger partial charge in [-0.25, -0.2) is 0 Å². The Labute approximate surface area is 85.3 Å². The van der Waals surface area contributed by atoms with Gasteiger partial charge < -0.3 is 2.85 Å². The van der Waals surface area contributed by atoms with Gasteiger partial charge in [0, 0.05) is 43.3 Å². The second kappa shape index (κ2) is 17.3. The third-order valence-electron chi connectivity index (χ3n) is 0. The number of hydrogen-bond donors (Lipinski definition) is 0. The van der Waals surface area contributed by atoms with E-state index >= 15 is 0 Å². The predicted octanol–water partition coefficient (Wildman–Crippen LogP) is -1.34. The van der Waals surface area contributed by atoms with Crippen LogP contribution in [-0.4, -0.2) is 40.4 Å². The van der Waals surface area contributed by atoms with E-state index in [4.69, 9.17) is 0 Å². The van der Waals surface area contributed by atoms with Crippen molar-refractivity contribution >= 4 is 40.4 Å². The van der Waals surface area contributed by atoms with E-state index in [1.807, 2.05) is 0 Å². The van der Waals surface area contributed by atoms with E-state index in [0.29, 0.717) is 0 Å². The molecule has 4 heavy (non-hydrogen) atoms. The van der Waals surface area contributed by atoms with Crippen molar-refractivity contribution in [2.75, 3.05) is 0 Å². The summed E-state index contributed by atoms with van der Waals surface area (Å²) in [7, 11) is 0. The molecular formula is H5AlCuMgZr. The average molecular weight is 211 g/mol. The normalized spacial score (nSPS) is 0. The molecule has 1 radical (unpaired) electrons. The van der Waals surface area contributed by atoms with Crippen molar-refractivity contribution in [1.29, 1.82) is 0 Å². The first-order chi connectivity index (χ1) is 0. The smallest absolute Gasteiger partial charge is 1.00 e. The summed E-state index contributed by atoms with van der Waals surface area (Å²) in [6, 6.07) is 0. The Balaban J connectivity index is 0. The molecule has 0 unspecified atom stereocenters. The van der Waals surface area contributed by atoms with Gasteiger partial charge in [-0.3, -0.25) is 0 Å². The predicted molar refractivity (Wildman–Crippen MR) is 17.9 cm³/mol. The molecule has 0 aliphatic heterocycles. The molecular weight excluding hydrogens is 206 g/mol. The minimum Gasteiger partial charge on any atom is -1.00 e. The Morgan fingerprint density at radius 3 is 1.25 bits per heavy atom. The van der Waals surface area contributed by atoms with Crippen LogP contribution in [0.2, 0.25) is 0 Å². The van der Waals surface area contributed by atoms with E-state index in [1.165, 1.54) is 0 Å². The largest absolute Gasteiger partial charge is 2.00 e. The zero-order chi connectivity index (χ0) is 0. The fraction of sp³-hybridized carbons (Fsp3) is 0. The summed E-state index contributed by atoms with van der Waals surface area (Å²) in [6.45, 7) is 0. The molecule has 0 bridgehead atoms. The SMILES string of the molecule is [AlH3].[Cu].[H-].[H-].[Mg+2].[Zr]. The van der Waals surface area contributed by atoms with Crippen molar-refractivity contribution in [2.45, 2.75) is 0 Å². The molecule has 0 amide bonds. The zero-order valence-electron chi connectivity index (χ0n) is 3.51. The monoisotopic (exact) mass is 209 g/mol. The van der Waals surface area contributed by atoms with Gasteiger partial charge in [0.1, 0.15) is 0 Å². The van der Waals surface area contributed by atoms with Gasteiger partial charge in [0.15, 0.2) is 17.4 Å². The number of rotatable bonds is 0. The molecule has 0 aromatic rings. The maximum absolute atomic E-state index is 0. The first kappa shape index (κ1) is 29.9. The van der Waals surface area contributed by atoms with Crippen LogP contribution in [0.4, 0.5) is 0 Å². The molecule has 0 rings (SSSR count). The first-order valence-electron chi connectivity index (χ1n) is 0. The Morgan fingerprint density at radius 2 is 1.25 bits per heavy atom. The van der Waals surface area contributed by atoms with E-state index in [2.05, 4.69) is 0 Å². The second-order valence-corrected chi connectivity index (χ2v) is 0. The first-order valence-corrected chi connectivity index (χ1v) is 0. The Morgan fingerprint density at radius 1 is 1.25 bits per heavy atom. The van der Waals surface area contributed by atoms with Crippen LogP contribution in [0.25, 0.3) is 0 Å². The van der Waals surface area contributed by atoms with Gasteiger partial charge in [-0.15, -0.1) is 0 Å². The summed E-state index contributed by atoms with van der Waals surface area (Å²) in [6.07, 6.45) is 0. The fourth-order valence-corrected chi connectivity index (χ4v) is 0. The maximum atomic E-state index is 0. The molecule has 0 saturated carbocycles. The van der Waals surface area contributed by atoms with Gasteiger partial charge in [0.25, 0.3) is 0 Å². The molecule has 0 atom stereocenters. The van der Waals surface area contributed by atoms with Crippen LogP contribution in [0, 0.1) is 0 Å². The third-order valence-corrected chi connectivity index (χ3v) is 0. The van der Waals surface area contributed by atoms with Crippen LogP contribution < -0.4 is 0 Å². The van der Waals surface area contributed by atoms with Gasteiger partial charge in [0.2, 0.25) is 0 Å². The Bertz CT molecular complexity index is 13.5. The van der Waals surface area contributed by atoms with Crippen molar-refractivity contribution in [1.82, 2.24) is 0 Å². The molecule has 0 N–H and O–H groups in total. The molecule has 0 heterocycles. The standard InChI is InChI=1S/Al.Cu.Mg.Zr.5H/q;;+2;;;;;2*-1. The van der Waals surface area contributed by atoms with E-state index < -0.39 is 0 Å². The van der Waals surface area contributed by atoms with Crippen molar-refractivity contribution < 1.29 is 46.1 Å². The minimum atomic E-state index is 0. The van der Waals surface area contributed by atoms with Crippen LogP contribution in [0.15, 0.2) is 0 Å². The summed E-state index contributed by atoms with van der Waals surface area (Å²) in [5, 5.41) is 0. The summed E-state index contributed by atoms with van der Waals surface area (Å²) >= 11 is 0. The summed E-state index contributed by atoms with van der Waals surface area (Å²) < 4.78 is 0. The van der Waals surface area contributed by atoms with E-state index in [1.54, 1.807) is 0 Å². The molecule has 25 valence electrons. The molecule has 0 aliphatic carbocycles. The molecule has 0 spiro atoms. The van der Waals surface area contributed by atoms with Crippen LogP contribution in [0.3, 0.4) is 0 Å². The van der Waals surface area contributed by atoms with Crippen molar-refractivity contribution in [3.63, 3.8) is 0 Å². The molecule has 0 fully saturated rings. The average Bonchev–Trinajstić information content (AvgIpc) is 0. The Kier molecular flexibility index (Phi) is 129.